The van der Waals surface area contributed by atoms with E-state index >= 15 is 0 Å². The quantitative estimate of drug-likeness (QED) is 0.547. The molecule has 2 aromatic carbocycles. The van der Waals surface area contributed by atoms with Crippen LogP contribution in [-0.4, -0.2) is 47.0 Å². The Morgan fingerprint density at radius 3 is 2.69 bits per heavy atom. The Kier molecular flexibility index (Phi) is 6.12. The van der Waals surface area contributed by atoms with Crippen LogP contribution in [0.4, 0.5) is 5.82 Å². The molecule has 0 aliphatic rings. The van der Waals surface area contributed by atoms with Crippen molar-refractivity contribution >= 4 is 22.7 Å². The monoisotopic (exact) mass is 393 g/mol. The second-order valence-electron chi connectivity index (χ2n) is 5.94. The number of nitrogens with one attached hydrogen (secondary N) is 1. The first-order valence-corrected chi connectivity index (χ1v) is 8.64. The van der Waals surface area contributed by atoms with Crippen LogP contribution in [0.5, 0.6) is 11.5 Å². The molecule has 29 heavy (non-hydrogen) atoms. The molecule has 0 unspecified atom stereocenters. The summed E-state index contributed by atoms with van der Waals surface area (Å²) in [6, 6.07) is 8.59. The summed E-state index contributed by atoms with van der Waals surface area (Å²) < 4.78 is 10.6. The maximum atomic E-state index is 11.7. The Bertz CT molecular complexity index is 1120. The van der Waals surface area contributed by atoms with Crippen molar-refractivity contribution in [3.05, 3.63) is 53.3 Å². The van der Waals surface area contributed by atoms with Crippen molar-refractivity contribution < 1.29 is 24.5 Å². The van der Waals surface area contributed by atoms with Crippen molar-refractivity contribution in [1.82, 2.24) is 9.97 Å². The van der Waals surface area contributed by atoms with E-state index in [2.05, 4.69) is 27.1 Å². The van der Waals surface area contributed by atoms with Crippen molar-refractivity contribution in [2.24, 2.45) is 0 Å². The van der Waals surface area contributed by atoms with Gasteiger partial charge < -0.3 is 25.0 Å². The Morgan fingerprint density at radius 1 is 1.17 bits per heavy atom. The van der Waals surface area contributed by atoms with Crippen molar-refractivity contribution in [2.45, 2.75) is 6.54 Å². The molecule has 8 nitrogen and oxygen atoms in total. The van der Waals surface area contributed by atoms with Gasteiger partial charge in [0.25, 0.3) is 0 Å². The summed E-state index contributed by atoms with van der Waals surface area (Å²) in [5, 5.41) is 22.2. The lowest BCUT2D eigenvalue weighted by Gasteiger charge is -2.13. The molecule has 0 fully saturated rings. The molecule has 0 saturated heterocycles. The number of aromatic nitrogens is 2. The normalized spacial score (nSPS) is 10.2. The molecule has 0 bridgehead atoms. The molecule has 0 aliphatic heterocycles. The SMILES string of the molecule is COc1ccc(CNc2ncnc3c(C(=O)O)cc(C#CCO)cc23)c(OC)c1. The van der Waals surface area contributed by atoms with Crippen LogP contribution in [0.25, 0.3) is 10.9 Å². The average Bonchev–Trinajstić information content (AvgIpc) is 2.75. The maximum absolute atomic E-state index is 11.7. The highest BCUT2D eigenvalue weighted by molar-refractivity contribution is 6.05. The van der Waals surface area contributed by atoms with Crippen LogP contribution in [0.3, 0.4) is 0 Å². The number of hydrogen-bond donors (Lipinski definition) is 3. The van der Waals surface area contributed by atoms with Crippen molar-refractivity contribution in [1.29, 1.82) is 0 Å². The van der Waals surface area contributed by atoms with Crippen LogP contribution in [0.15, 0.2) is 36.7 Å². The summed E-state index contributed by atoms with van der Waals surface area (Å²) in [7, 11) is 3.15. The minimum Gasteiger partial charge on any atom is -0.497 e. The number of methoxy groups -OCH3 is 2. The van der Waals surface area contributed by atoms with Gasteiger partial charge in [0, 0.05) is 29.1 Å². The molecule has 0 amide bonds. The Labute approximate surface area is 167 Å². The lowest BCUT2D eigenvalue weighted by Crippen LogP contribution is -2.06. The average molecular weight is 393 g/mol. The highest BCUT2D eigenvalue weighted by Gasteiger charge is 2.15. The van der Waals surface area contributed by atoms with Gasteiger partial charge in [-0.15, -0.1) is 0 Å². The van der Waals surface area contributed by atoms with Gasteiger partial charge in [-0.25, -0.2) is 14.8 Å². The lowest BCUT2D eigenvalue weighted by molar-refractivity contribution is 0.0698. The van der Waals surface area contributed by atoms with Crippen LogP contribution >= 0.6 is 0 Å². The maximum Gasteiger partial charge on any atom is 0.337 e. The number of fused-ring (bicyclic) bond motifs is 1. The summed E-state index contributed by atoms with van der Waals surface area (Å²) >= 11 is 0. The van der Waals surface area contributed by atoms with E-state index in [0.717, 1.165) is 5.56 Å². The number of carboxylic acids is 1. The first-order valence-electron chi connectivity index (χ1n) is 8.64. The highest BCUT2D eigenvalue weighted by atomic mass is 16.5. The molecular formula is C21H19N3O5. The summed E-state index contributed by atoms with van der Waals surface area (Å²) in [4.78, 5) is 20.0. The van der Waals surface area contributed by atoms with Gasteiger partial charge >= 0.3 is 5.97 Å². The number of rotatable bonds is 6. The number of ether oxygens (including phenoxy) is 2. The smallest absolute Gasteiger partial charge is 0.337 e. The first kappa shape index (κ1) is 19.9. The molecule has 3 N–H and O–H groups in total. The first-order chi connectivity index (χ1) is 14.1. The van der Waals surface area contributed by atoms with E-state index in [1.165, 1.54) is 12.4 Å². The predicted octanol–water partition coefficient (Wildman–Crippen LogP) is 2.30. The van der Waals surface area contributed by atoms with E-state index in [4.69, 9.17) is 14.6 Å². The van der Waals surface area contributed by atoms with Crippen molar-refractivity contribution in [3.63, 3.8) is 0 Å². The predicted molar refractivity (Wildman–Crippen MR) is 107 cm³/mol. The zero-order valence-corrected chi connectivity index (χ0v) is 15.9. The number of benzene rings is 2. The second-order valence-corrected chi connectivity index (χ2v) is 5.94. The number of aliphatic hydroxyl groups is 1. The molecule has 1 aromatic heterocycles. The van der Waals surface area contributed by atoms with E-state index in [9.17, 15) is 9.90 Å². The Hall–Kier alpha value is -3.83. The fraction of sp³-hybridized carbons (Fsp3) is 0.190. The standard InChI is InChI=1S/C21H19N3O5/c1-28-15-6-5-14(18(10-15)29-2)11-22-20-16-8-13(4-3-7-25)9-17(21(26)27)19(16)23-12-24-20/h5-6,8-10,12,25H,7,11H2,1-2H3,(H,26,27)(H,22,23,24). The number of hydrogen-bond acceptors (Lipinski definition) is 7. The van der Waals surface area contributed by atoms with Crippen LogP contribution in [0, 0.1) is 11.8 Å². The highest BCUT2D eigenvalue weighted by Crippen LogP contribution is 2.28. The lowest BCUT2D eigenvalue weighted by atomic mass is 10.1. The van der Waals surface area contributed by atoms with E-state index in [1.807, 2.05) is 12.1 Å². The van der Waals surface area contributed by atoms with E-state index in [0.29, 0.717) is 40.3 Å². The third-order valence-corrected chi connectivity index (χ3v) is 4.22. The van der Waals surface area contributed by atoms with Gasteiger partial charge in [0.1, 0.15) is 30.3 Å². The molecule has 0 spiro atoms. The number of nitrogens with zero attached hydrogens (tertiary/aromatic N) is 2. The molecule has 3 aromatic rings. The zero-order valence-electron chi connectivity index (χ0n) is 15.9. The van der Waals surface area contributed by atoms with E-state index in [1.54, 1.807) is 26.4 Å². The third-order valence-electron chi connectivity index (χ3n) is 4.22. The largest absolute Gasteiger partial charge is 0.497 e. The van der Waals surface area contributed by atoms with Gasteiger partial charge in [0.2, 0.25) is 0 Å². The second kappa shape index (κ2) is 8.91. The van der Waals surface area contributed by atoms with Gasteiger partial charge in [-0.3, -0.25) is 0 Å². The molecule has 1 heterocycles. The summed E-state index contributed by atoms with van der Waals surface area (Å²) in [5.41, 5.74) is 1.63. The van der Waals surface area contributed by atoms with Crippen molar-refractivity contribution in [2.75, 3.05) is 26.1 Å². The number of anilines is 1. The van der Waals surface area contributed by atoms with Crippen molar-refractivity contribution in [3.8, 4) is 23.3 Å². The summed E-state index contributed by atoms with van der Waals surface area (Å²) in [5.74, 6) is 5.92. The van der Waals surface area contributed by atoms with Crippen LogP contribution < -0.4 is 14.8 Å². The molecule has 0 radical (unpaired) electrons. The van der Waals surface area contributed by atoms with Gasteiger partial charge in [-0.05, 0) is 24.3 Å². The summed E-state index contributed by atoms with van der Waals surface area (Å²) in [6.45, 7) is 0.0579. The topological polar surface area (TPSA) is 114 Å². The number of aromatic carboxylic acids is 1. The molecule has 3 rings (SSSR count). The molecule has 0 saturated carbocycles. The van der Waals surface area contributed by atoms with Crippen LogP contribution in [-0.2, 0) is 6.54 Å². The molecule has 0 atom stereocenters. The fourth-order valence-corrected chi connectivity index (χ4v) is 2.86. The van der Waals surface area contributed by atoms with E-state index < -0.39 is 5.97 Å². The number of carbonyl (C=O) groups is 1. The minimum absolute atomic E-state index is 0.0113. The zero-order chi connectivity index (χ0) is 20.8. The third kappa shape index (κ3) is 4.36. The molecule has 8 heteroatoms. The Morgan fingerprint density at radius 2 is 2.00 bits per heavy atom. The number of aliphatic hydroxyl groups excluding tert-OH is 1. The minimum atomic E-state index is -1.12. The molecule has 0 aliphatic carbocycles. The van der Waals surface area contributed by atoms with Gasteiger partial charge in [0.05, 0.1) is 25.3 Å². The number of carboxylic acid groups (broad SMARTS) is 1. The van der Waals surface area contributed by atoms with Crippen LogP contribution in [0.1, 0.15) is 21.5 Å². The Balaban J connectivity index is 2.01. The fourth-order valence-electron chi connectivity index (χ4n) is 2.86. The van der Waals surface area contributed by atoms with E-state index in [-0.39, 0.29) is 12.2 Å². The molecule has 148 valence electrons. The van der Waals surface area contributed by atoms with Gasteiger partial charge in [-0.1, -0.05) is 11.8 Å². The summed E-state index contributed by atoms with van der Waals surface area (Å²) in [6.07, 6.45) is 1.31. The van der Waals surface area contributed by atoms with Crippen LogP contribution in [0.2, 0.25) is 0 Å². The van der Waals surface area contributed by atoms with Gasteiger partial charge in [0.15, 0.2) is 0 Å². The van der Waals surface area contributed by atoms with Gasteiger partial charge in [-0.2, -0.15) is 0 Å². The molecular weight excluding hydrogens is 374 g/mol.